The lowest BCUT2D eigenvalue weighted by atomic mass is 10.1. The Morgan fingerprint density at radius 3 is 2.57 bits per heavy atom. The van der Waals surface area contributed by atoms with Crippen molar-refractivity contribution in [2.45, 2.75) is 26.7 Å². The van der Waals surface area contributed by atoms with Crippen molar-refractivity contribution >= 4 is 23.7 Å². The molecule has 0 unspecified atom stereocenters. The molecule has 0 heterocycles. The van der Waals surface area contributed by atoms with E-state index in [9.17, 15) is 4.79 Å². The van der Waals surface area contributed by atoms with E-state index in [0.717, 1.165) is 17.7 Å². The Labute approximate surface area is 170 Å². The quantitative estimate of drug-likeness (QED) is 0.475. The van der Waals surface area contributed by atoms with Gasteiger partial charge in [-0.05, 0) is 48.7 Å². The van der Waals surface area contributed by atoms with Crippen molar-refractivity contribution in [1.82, 2.24) is 5.43 Å². The van der Waals surface area contributed by atoms with Gasteiger partial charge in [0.05, 0.1) is 38.0 Å². The molecule has 2 aromatic rings. The van der Waals surface area contributed by atoms with Crippen LogP contribution >= 0.6 is 11.6 Å². The Hall–Kier alpha value is -2.73. The molecule has 0 fully saturated rings. The Bertz CT molecular complexity index is 807. The topological polar surface area (TPSA) is 69.2 Å². The van der Waals surface area contributed by atoms with Gasteiger partial charge < -0.3 is 14.2 Å². The van der Waals surface area contributed by atoms with Crippen molar-refractivity contribution in [2.24, 2.45) is 5.10 Å². The van der Waals surface area contributed by atoms with Gasteiger partial charge in [0, 0.05) is 0 Å². The lowest BCUT2D eigenvalue weighted by Crippen LogP contribution is -2.19. The molecule has 7 heteroatoms. The number of ether oxygens (including phenoxy) is 3. The maximum atomic E-state index is 12.0. The molecule has 0 radical (unpaired) electrons. The predicted molar refractivity (Wildman–Crippen MR) is 111 cm³/mol. The number of rotatable bonds is 10. The van der Waals surface area contributed by atoms with Gasteiger partial charge >= 0.3 is 0 Å². The molecule has 1 amide bonds. The zero-order valence-electron chi connectivity index (χ0n) is 16.3. The van der Waals surface area contributed by atoms with E-state index in [1.54, 1.807) is 19.2 Å². The number of nitrogens with zero attached hydrogens (tertiary/aromatic N) is 1. The summed E-state index contributed by atoms with van der Waals surface area (Å²) in [7, 11) is 1.55. The number of amides is 1. The highest BCUT2D eigenvalue weighted by atomic mass is 35.5. The van der Waals surface area contributed by atoms with Crippen LogP contribution < -0.4 is 19.6 Å². The number of hydrogen-bond donors (Lipinski definition) is 1. The molecule has 0 saturated heterocycles. The van der Waals surface area contributed by atoms with Crippen LogP contribution in [0.5, 0.6) is 17.2 Å². The smallest absolute Gasteiger partial charge is 0.244 e. The number of methoxy groups -OCH3 is 1. The minimum Gasteiger partial charge on any atom is -0.494 e. The summed E-state index contributed by atoms with van der Waals surface area (Å²) >= 11 is 6.27. The van der Waals surface area contributed by atoms with Crippen molar-refractivity contribution in [1.29, 1.82) is 0 Å². The third kappa shape index (κ3) is 6.46. The van der Waals surface area contributed by atoms with Crippen LogP contribution in [0, 0.1) is 0 Å². The molecule has 150 valence electrons. The van der Waals surface area contributed by atoms with E-state index < -0.39 is 0 Å². The first kappa shape index (κ1) is 21.6. The highest BCUT2D eigenvalue weighted by molar-refractivity contribution is 6.32. The normalized spacial score (nSPS) is 10.7. The summed E-state index contributed by atoms with van der Waals surface area (Å²) in [5.41, 5.74) is 4.07. The lowest BCUT2D eigenvalue weighted by molar-refractivity contribution is -0.120. The summed E-state index contributed by atoms with van der Waals surface area (Å²) in [5.74, 6) is 1.58. The van der Waals surface area contributed by atoms with Crippen molar-refractivity contribution in [3.05, 3.63) is 52.5 Å². The second-order valence-corrected chi connectivity index (χ2v) is 6.34. The lowest BCUT2D eigenvalue weighted by Gasteiger charge is -2.12. The van der Waals surface area contributed by atoms with Gasteiger partial charge in [0.15, 0.2) is 11.5 Å². The van der Waals surface area contributed by atoms with E-state index in [1.165, 1.54) is 6.21 Å². The SMILES string of the molecule is CCCOc1c(Cl)cc(/C=N\NC(=O)Cc2ccc(OCC)cc2)cc1OC. The van der Waals surface area contributed by atoms with Crippen LogP contribution in [-0.4, -0.2) is 32.4 Å². The second-order valence-electron chi connectivity index (χ2n) is 5.93. The standard InChI is InChI=1S/C21H25ClN2O4/c1-4-10-28-21-18(22)11-16(12-19(21)26-3)14-23-24-20(25)13-15-6-8-17(9-7-15)27-5-2/h6-9,11-12,14H,4-5,10,13H2,1-3H3,(H,24,25)/b23-14-. The second kappa shape index (κ2) is 11.2. The number of hydrogen-bond acceptors (Lipinski definition) is 5. The molecule has 28 heavy (non-hydrogen) atoms. The zero-order valence-corrected chi connectivity index (χ0v) is 17.1. The van der Waals surface area contributed by atoms with Gasteiger partial charge in [0.25, 0.3) is 0 Å². The predicted octanol–water partition coefficient (Wildman–Crippen LogP) is 4.23. The van der Waals surface area contributed by atoms with E-state index in [4.69, 9.17) is 25.8 Å². The summed E-state index contributed by atoms with van der Waals surface area (Å²) in [6.07, 6.45) is 2.59. The summed E-state index contributed by atoms with van der Waals surface area (Å²) in [5, 5.41) is 4.41. The third-order valence-electron chi connectivity index (χ3n) is 3.70. The molecule has 0 aromatic heterocycles. The van der Waals surface area contributed by atoms with Crippen molar-refractivity contribution in [3.63, 3.8) is 0 Å². The van der Waals surface area contributed by atoms with Gasteiger partial charge in [-0.1, -0.05) is 30.7 Å². The van der Waals surface area contributed by atoms with Gasteiger partial charge in [-0.3, -0.25) is 4.79 Å². The van der Waals surface area contributed by atoms with Gasteiger partial charge in [0.1, 0.15) is 5.75 Å². The van der Waals surface area contributed by atoms with Crippen LogP contribution in [0.25, 0.3) is 0 Å². The molecular weight excluding hydrogens is 380 g/mol. The summed E-state index contributed by atoms with van der Waals surface area (Å²) in [4.78, 5) is 12.0. The molecule has 0 saturated carbocycles. The molecule has 0 aliphatic rings. The Morgan fingerprint density at radius 1 is 1.18 bits per heavy atom. The molecule has 0 spiro atoms. The van der Waals surface area contributed by atoms with E-state index >= 15 is 0 Å². The van der Waals surface area contributed by atoms with Crippen molar-refractivity contribution in [2.75, 3.05) is 20.3 Å². The molecule has 2 rings (SSSR count). The van der Waals surface area contributed by atoms with Crippen LogP contribution in [0.1, 0.15) is 31.4 Å². The van der Waals surface area contributed by atoms with Gasteiger partial charge in [0.2, 0.25) is 5.91 Å². The fraction of sp³-hybridized carbons (Fsp3) is 0.333. The van der Waals surface area contributed by atoms with Crippen molar-refractivity contribution < 1.29 is 19.0 Å². The largest absolute Gasteiger partial charge is 0.494 e. The van der Waals surface area contributed by atoms with Crippen LogP contribution in [0.3, 0.4) is 0 Å². The molecule has 0 bridgehead atoms. The molecule has 1 N–H and O–H groups in total. The summed E-state index contributed by atoms with van der Waals surface area (Å²) in [6.45, 7) is 5.09. The summed E-state index contributed by atoms with van der Waals surface area (Å²) < 4.78 is 16.3. The number of carbonyl (C=O) groups is 1. The number of halogens is 1. The molecule has 6 nitrogen and oxygen atoms in total. The maximum absolute atomic E-state index is 12.0. The van der Waals surface area contributed by atoms with Gasteiger partial charge in [-0.15, -0.1) is 0 Å². The highest BCUT2D eigenvalue weighted by Crippen LogP contribution is 2.36. The number of carbonyl (C=O) groups excluding carboxylic acids is 1. The first-order chi connectivity index (χ1) is 13.6. The average Bonchev–Trinajstić information content (AvgIpc) is 2.68. The van der Waals surface area contributed by atoms with E-state index in [1.807, 2.05) is 38.1 Å². The van der Waals surface area contributed by atoms with Gasteiger partial charge in [-0.25, -0.2) is 5.43 Å². The average molecular weight is 405 g/mol. The molecule has 0 atom stereocenters. The van der Waals surface area contributed by atoms with E-state index in [2.05, 4.69) is 10.5 Å². The first-order valence-corrected chi connectivity index (χ1v) is 9.49. The Morgan fingerprint density at radius 2 is 1.93 bits per heavy atom. The van der Waals surface area contributed by atoms with Crippen LogP contribution in [0.4, 0.5) is 0 Å². The van der Waals surface area contributed by atoms with Gasteiger partial charge in [-0.2, -0.15) is 5.10 Å². The van der Waals surface area contributed by atoms with Crippen LogP contribution in [0.2, 0.25) is 5.02 Å². The number of benzene rings is 2. The summed E-state index contributed by atoms with van der Waals surface area (Å²) in [6, 6.07) is 10.8. The highest BCUT2D eigenvalue weighted by Gasteiger charge is 2.11. The first-order valence-electron chi connectivity index (χ1n) is 9.11. The number of hydrazone groups is 1. The molecule has 2 aromatic carbocycles. The molecule has 0 aliphatic heterocycles. The van der Waals surface area contributed by atoms with Crippen LogP contribution in [0.15, 0.2) is 41.5 Å². The van der Waals surface area contributed by atoms with E-state index in [-0.39, 0.29) is 12.3 Å². The maximum Gasteiger partial charge on any atom is 0.244 e. The molecular formula is C21H25ClN2O4. The monoisotopic (exact) mass is 404 g/mol. The van der Waals surface area contributed by atoms with E-state index in [0.29, 0.717) is 35.3 Å². The molecule has 0 aliphatic carbocycles. The minimum absolute atomic E-state index is 0.220. The third-order valence-corrected chi connectivity index (χ3v) is 3.98. The number of nitrogens with one attached hydrogen (secondary N) is 1. The fourth-order valence-electron chi connectivity index (χ4n) is 2.43. The van der Waals surface area contributed by atoms with Crippen molar-refractivity contribution in [3.8, 4) is 17.2 Å². The zero-order chi connectivity index (χ0) is 20.4. The Balaban J connectivity index is 1.95. The fourth-order valence-corrected chi connectivity index (χ4v) is 2.71. The Kier molecular flexibility index (Phi) is 8.62. The van der Waals surface area contributed by atoms with Crippen LogP contribution in [-0.2, 0) is 11.2 Å². The minimum atomic E-state index is -0.221.